The van der Waals surface area contributed by atoms with Gasteiger partial charge in [-0.05, 0) is 33.0 Å². The fourth-order valence-corrected chi connectivity index (χ4v) is 5.06. The zero-order valence-corrected chi connectivity index (χ0v) is 20.6. The van der Waals surface area contributed by atoms with E-state index >= 15 is 0 Å². The number of aromatic nitrogens is 4. The molecule has 0 saturated carbocycles. The Morgan fingerprint density at radius 1 is 1.08 bits per heavy atom. The molecule has 2 amide bonds. The maximum absolute atomic E-state index is 12.5. The first-order valence-electron chi connectivity index (χ1n) is 12.0. The highest BCUT2D eigenvalue weighted by molar-refractivity contribution is 6.20. The van der Waals surface area contributed by atoms with Gasteiger partial charge in [0.05, 0.1) is 24.1 Å². The van der Waals surface area contributed by atoms with Crippen molar-refractivity contribution in [2.45, 2.75) is 44.2 Å². The van der Waals surface area contributed by atoms with Gasteiger partial charge in [0.25, 0.3) is 11.8 Å². The Bertz CT molecular complexity index is 1340. The van der Waals surface area contributed by atoms with Crippen LogP contribution in [0, 0.1) is 0 Å². The summed E-state index contributed by atoms with van der Waals surface area (Å²) in [5.41, 5.74) is 7.69. The number of anilines is 1. The third-order valence-corrected chi connectivity index (χ3v) is 6.73. The summed E-state index contributed by atoms with van der Waals surface area (Å²) in [6, 6.07) is 6.66. The molecule has 2 saturated heterocycles. The molecular weight excluding hydrogens is 482 g/mol. The Hall–Kier alpha value is -3.49. The lowest BCUT2D eigenvalue weighted by Gasteiger charge is -2.27. The van der Waals surface area contributed by atoms with Crippen molar-refractivity contribution in [1.29, 1.82) is 0 Å². The summed E-state index contributed by atoms with van der Waals surface area (Å²) in [5.74, 6) is -1.41. The molecule has 3 aliphatic heterocycles. The van der Waals surface area contributed by atoms with Crippen LogP contribution in [-0.4, -0.2) is 92.1 Å². The molecule has 37 heavy (non-hydrogen) atoms. The summed E-state index contributed by atoms with van der Waals surface area (Å²) in [6.45, 7) is 4.80. The fourth-order valence-electron chi connectivity index (χ4n) is 5.06. The van der Waals surface area contributed by atoms with Crippen molar-refractivity contribution in [3.63, 3.8) is 0 Å². The summed E-state index contributed by atoms with van der Waals surface area (Å²) in [4.78, 5) is 45.2. The highest BCUT2D eigenvalue weighted by atomic mass is 16.8. The van der Waals surface area contributed by atoms with E-state index in [1.165, 1.54) is 6.33 Å². The van der Waals surface area contributed by atoms with Gasteiger partial charge in [0.2, 0.25) is 0 Å². The standard InChI is InChI=1S/C24H27N7O6/c1-24(2)36-17-15(35-23(18(17)37-24)30-12-28-16-19(25)26-11-27-20(16)30)10-29(3)8-9-34-31-21(32)13-6-4-5-7-14(13)22(31)33/h4-7,11-12,15,17-18,23H,8-10H2,1-3H3,(H2,25,26,27)/t15-,17-,18-,23-/m1/s1. The number of nitrogen functional groups attached to an aromatic ring is 1. The largest absolute Gasteiger partial charge is 0.382 e. The van der Waals surface area contributed by atoms with E-state index in [2.05, 4.69) is 15.0 Å². The Kier molecular flexibility index (Phi) is 5.69. The average Bonchev–Trinajstić information content (AvgIpc) is 3.58. The predicted octanol–water partition coefficient (Wildman–Crippen LogP) is 0.986. The van der Waals surface area contributed by atoms with Crippen LogP contribution in [0.4, 0.5) is 5.82 Å². The number of nitrogens with zero attached hydrogens (tertiary/aromatic N) is 6. The third kappa shape index (κ3) is 4.04. The van der Waals surface area contributed by atoms with E-state index in [0.717, 1.165) is 5.06 Å². The van der Waals surface area contributed by atoms with Crippen molar-refractivity contribution in [2.24, 2.45) is 0 Å². The van der Waals surface area contributed by atoms with E-state index in [0.29, 0.717) is 35.4 Å². The van der Waals surface area contributed by atoms with Crippen molar-refractivity contribution >= 4 is 28.8 Å². The van der Waals surface area contributed by atoms with Crippen molar-refractivity contribution in [3.8, 4) is 0 Å². The van der Waals surface area contributed by atoms with Gasteiger partial charge in [0, 0.05) is 13.1 Å². The quantitative estimate of drug-likeness (QED) is 0.455. The molecule has 2 fully saturated rings. The summed E-state index contributed by atoms with van der Waals surface area (Å²) in [6.07, 6.45) is 1.41. The normalized spacial score (nSPS) is 26.4. The van der Waals surface area contributed by atoms with Gasteiger partial charge in [-0.1, -0.05) is 12.1 Å². The minimum absolute atomic E-state index is 0.136. The van der Waals surface area contributed by atoms with Crippen molar-refractivity contribution in [1.82, 2.24) is 29.5 Å². The SMILES string of the molecule is CN(CCON1C(=O)c2ccccc2C1=O)C[C@H]1O[C@@H](n2cnc3c(N)ncnc32)[C@@H]2OC(C)(C)O[C@@H]21. The molecule has 0 unspecified atom stereocenters. The van der Waals surface area contributed by atoms with Gasteiger partial charge in [0.15, 0.2) is 23.5 Å². The van der Waals surface area contributed by atoms with Gasteiger partial charge >= 0.3 is 0 Å². The second-order valence-corrected chi connectivity index (χ2v) is 9.76. The summed E-state index contributed by atoms with van der Waals surface area (Å²) < 4.78 is 20.6. The first-order valence-corrected chi connectivity index (χ1v) is 12.0. The number of imide groups is 1. The van der Waals surface area contributed by atoms with Gasteiger partial charge < -0.3 is 24.8 Å². The van der Waals surface area contributed by atoms with Crippen LogP contribution in [-0.2, 0) is 19.0 Å². The summed E-state index contributed by atoms with van der Waals surface area (Å²) in [7, 11) is 1.90. The number of carbonyl (C=O) groups excluding carboxylic acids is 2. The van der Waals surface area contributed by atoms with Crippen molar-refractivity contribution < 1.29 is 28.6 Å². The third-order valence-electron chi connectivity index (χ3n) is 6.73. The van der Waals surface area contributed by atoms with Crippen LogP contribution in [0.25, 0.3) is 11.2 Å². The number of rotatable bonds is 7. The monoisotopic (exact) mass is 509 g/mol. The number of imidazole rings is 1. The number of ether oxygens (including phenoxy) is 3. The first-order chi connectivity index (χ1) is 17.7. The van der Waals surface area contributed by atoms with Gasteiger partial charge in [-0.25, -0.2) is 15.0 Å². The van der Waals surface area contributed by atoms with Crippen LogP contribution in [0.3, 0.4) is 0 Å². The zero-order valence-electron chi connectivity index (χ0n) is 20.6. The Morgan fingerprint density at radius 2 is 1.78 bits per heavy atom. The molecule has 13 nitrogen and oxygen atoms in total. The van der Waals surface area contributed by atoms with E-state index in [4.69, 9.17) is 24.8 Å². The topological polar surface area (TPSA) is 147 Å². The molecule has 4 atom stereocenters. The molecular formula is C24H27N7O6. The smallest absolute Gasteiger partial charge is 0.285 e. The zero-order chi connectivity index (χ0) is 25.9. The first kappa shape index (κ1) is 23.9. The molecule has 3 aliphatic rings. The van der Waals surface area contributed by atoms with E-state index in [9.17, 15) is 9.59 Å². The molecule has 5 heterocycles. The number of nitrogens with two attached hydrogens (primary N) is 1. The van der Waals surface area contributed by atoms with Crippen LogP contribution in [0.15, 0.2) is 36.9 Å². The van der Waals surface area contributed by atoms with Crippen LogP contribution in [0.5, 0.6) is 0 Å². The lowest BCUT2D eigenvalue weighted by atomic mass is 10.1. The lowest BCUT2D eigenvalue weighted by Crippen LogP contribution is -2.40. The molecule has 2 N–H and O–H groups in total. The minimum Gasteiger partial charge on any atom is -0.382 e. The fraction of sp³-hybridized carbons (Fsp3) is 0.458. The second-order valence-electron chi connectivity index (χ2n) is 9.76. The molecule has 2 aromatic heterocycles. The van der Waals surface area contributed by atoms with E-state index in [1.54, 1.807) is 35.2 Å². The molecule has 6 rings (SSSR count). The predicted molar refractivity (Wildman–Crippen MR) is 128 cm³/mol. The Labute approximate surface area is 212 Å². The van der Waals surface area contributed by atoms with Crippen LogP contribution < -0.4 is 5.73 Å². The van der Waals surface area contributed by atoms with E-state index in [-0.39, 0.29) is 24.6 Å². The number of hydroxylamine groups is 2. The highest BCUT2D eigenvalue weighted by Gasteiger charge is 2.56. The summed E-state index contributed by atoms with van der Waals surface area (Å²) in [5, 5.41) is 0.824. The molecule has 3 aromatic rings. The number of hydrogen-bond donors (Lipinski definition) is 1. The molecule has 0 spiro atoms. The number of likely N-dealkylation sites (N-methyl/N-ethyl adjacent to an activating group) is 1. The van der Waals surface area contributed by atoms with Gasteiger partial charge in [-0.3, -0.25) is 19.0 Å². The molecule has 0 bridgehead atoms. The minimum atomic E-state index is -0.785. The summed E-state index contributed by atoms with van der Waals surface area (Å²) >= 11 is 0. The Balaban J connectivity index is 1.12. The average molecular weight is 510 g/mol. The molecule has 0 radical (unpaired) electrons. The molecule has 194 valence electrons. The Morgan fingerprint density at radius 3 is 2.51 bits per heavy atom. The number of fused-ring (bicyclic) bond motifs is 3. The molecule has 0 aliphatic carbocycles. The van der Waals surface area contributed by atoms with Crippen molar-refractivity contribution in [2.75, 3.05) is 32.5 Å². The van der Waals surface area contributed by atoms with Crippen LogP contribution >= 0.6 is 0 Å². The van der Waals surface area contributed by atoms with Crippen LogP contribution in [0.1, 0.15) is 40.8 Å². The maximum atomic E-state index is 12.5. The van der Waals surface area contributed by atoms with E-state index < -0.39 is 29.9 Å². The molecule has 1 aromatic carbocycles. The molecule has 13 heteroatoms. The lowest BCUT2D eigenvalue weighted by molar-refractivity contribution is -0.198. The number of amides is 2. The second kappa shape index (κ2) is 8.82. The van der Waals surface area contributed by atoms with E-state index in [1.807, 2.05) is 25.8 Å². The van der Waals surface area contributed by atoms with Crippen molar-refractivity contribution in [3.05, 3.63) is 48.0 Å². The highest BCUT2D eigenvalue weighted by Crippen LogP contribution is 2.44. The number of carbonyl (C=O) groups is 2. The maximum Gasteiger partial charge on any atom is 0.285 e. The van der Waals surface area contributed by atoms with Gasteiger partial charge in [-0.15, -0.1) is 5.06 Å². The van der Waals surface area contributed by atoms with Crippen LogP contribution in [0.2, 0.25) is 0 Å². The van der Waals surface area contributed by atoms with Gasteiger partial charge in [-0.2, -0.15) is 0 Å². The number of hydrogen-bond acceptors (Lipinski definition) is 11. The number of benzene rings is 1. The van der Waals surface area contributed by atoms with Gasteiger partial charge in [0.1, 0.15) is 30.2 Å².